The summed E-state index contributed by atoms with van der Waals surface area (Å²) >= 11 is 18.1. The molecule has 0 unspecified atom stereocenters. The van der Waals surface area contributed by atoms with Crippen LogP contribution >= 0.6 is 34.8 Å². The zero-order valence-corrected chi connectivity index (χ0v) is 15.4. The first kappa shape index (κ1) is 17.8. The Labute approximate surface area is 160 Å². The van der Waals surface area contributed by atoms with Crippen molar-refractivity contribution in [1.29, 1.82) is 0 Å². The van der Waals surface area contributed by atoms with Crippen LogP contribution in [0.3, 0.4) is 0 Å². The van der Waals surface area contributed by atoms with Crippen LogP contribution in [0.2, 0.25) is 10.0 Å². The Morgan fingerprint density at radius 2 is 1.72 bits per heavy atom. The van der Waals surface area contributed by atoms with Crippen molar-refractivity contribution >= 4 is 58.0 Å². The van der Waals surface area contributed by atoms with Crippen LogP contribution < -0.4 is 10.2 Å². The van der Waals surface area contributed by atoms with E-state index in [2.05, 4.69) is 5.32 Å². The summed E-state index contributed by atoms with van der Waals surface area (Å²) in [5, 5.41) is 3.40. The van der Waals surface area contributed by atoms with Gasteiger partial charge in [-0.1, -0.05) is 59.9 Å². The molecule has 2 aromatic carbocycles. The van der Waals surface area contributed by atoms with E-state index in [1.807, 2.05) is 31.2 Å². The minimum atomic E-state index is -0.632. The number of anilines is 2. The lowest BCUT2D eigenvalue weighted by Crippen LogP contribution is -2.32. The molecule has 0 atom stereocenters. The highest BCUT2D eigenvalue weighted by Gasteiger charge is 2.40. The number of nitrogens with zero attached hydrogens (tertiary/aromatic N) is 1. The van der Waals surface area contributed by atoms with Gasteiger partial charge in [0.25, 0.3) is 11.8 Å². The van der Waals surface area contributed by atoms with Crippen LogP contribution in [0, 0.1) is 0 Å². The molecule has 7 heteroatoms. The van der Waals surface area contributed by atoms with Crippen LogP contribution in [0.4, 0.5) is 11.4 Å². The summed E-state index contributed by atoms with van der Waals surface area (Å²) in [5.41, 5.74) is 1.99. The summed E-state index contributed by atoms with van der Waals surface area (Å²) in [6.45, 7) is 2.00. The number of benzene rings is 2. The first-order valence-electron chi connectivity index (χ1n) is 7.52. The highest BCUT2D eigenvalue weighted by atomic mass is 35.5. The summed E-state index contributed by atoms with van der Waals surface area (Å²) in [5.74, 6) is -1.20. The zero-order chi connectivity index (χ0) is 18.1. The van der Waals surface area contributed by atoms with Gasteiger partial charge in [-0.15, -0.1) is 0 Å². The maximum absolute atomic E-state index is 12.8. The van der Waals surface area contributed by atoms with Gasteiger partial charge in [0, 0.05) is 10.7 Å². The second kappa shape index (κ2) is 7.08. The molecule has 25 heavy (non-hydrogen) atoms. The van der Waals surface area contributed by atoms with Crippen molar-refractivity contribution in [3.8, 4) is 0 Å². The highest BCUT2D eigenvalue weighted by molar-refractivity contribution is 6.53. The number of hydrogen-bond donors (Lipinski definition) is 1. The third kappa shape index (κ3) is 3.25. The molecule has 4 nitrogen and oxygen atoms in total. The Morgan fingerprint density at radius 1 is 1.00 bits per heavy atom. The lowest BCUT2D eigenvalue weighted by molar-refractivity contribution is -0.120. The minimum Gasteiger partial charge on any atom is -0.349 e. The Bertz CT molecular complexity index is 909. The monoisotopic (exact) mass is 394 g/mol. The normalized spacial score (nSPS) is 14.5. The Kier molecular flexibility index (Phi) is 5.04. The second-order valence-electron chi connectivity index (χ2n) is 5.37. The third-order valence-corrected chi connectivity index (χ3v) is 4.72. The summed E-state index contributed by atoms with van der Waals surface area (Å²) < 4.78 is 0. The van der Waals surface area contributed by atoms with E-state index in [4.69, 9.17) is 34.8 Å². The van der Waals surface area contributed by atoms with Gasteiger partial charge in [0.2, 0.25) is 0 Å². The molecule has 1 heterocycles. The minimum absolute atomic E-state index is 0.0265. The Morgan fingerprint density at radius 3 is 2.40 bits per heavy atom. The number of halogens is 3. The van der Waals surface area contributed by atoms with Gasteiger partial charge in [-0.2, -0.15) is 0 Å². The average Bonchev–Trinajstić information content (AvgIpc) is 2.80. The van der Waals surface area contributed by atoms with Crippen molar-refractivity contribution in [1.82, 2.24) is 0 Å². The van der Waals surface area contributed by atoms with Gasteiger partial charge in [0.05, 0.1) is 10.7 Å². The SMILES string of the molecule is CCc1ccccc1NC1=C(Cl)C(=O)N(c2ccc(Cl)cc2Cl)C1=O. The fourth-order valence-corrected chi connectivity index (χ4v) is 3.28. The molecule has 0 aliphatic carbocycles. The molecular weight excluding hydrogens is 383 g/mol. The first-order chi connectivity index (χ1) is 11.9. The molecule has 1 aliphatic rings. The lowest BCUT2D eigenvalue weighted by Gasteiger charge is -2.17. The predicted octanol–water partition coefficient (Wildman–Crippen LogP) is 4.99. The summed E-state index contributed by atoms with van der Waals surface area (Å²) in [7, 11) is 0. The molecule has 0 saturated heterocycles. The molecule has 2 aromatic rings. The molecule has 2 amide bonds. The number of hydrogen-bond acceptors (Lipinski definition) is 3. The van der Waals surface area contributed by atoms with Crippen LogP contribution in [-0.2, 0) is 16.0 Å². The number of imide groups is 1. The molecule has 0 radical (unpaired) electrons. The van der Waals surface area contributed by atoms with E-state index in [0.717, 1.165) is 22.6 Å². The number of carbonyl (C=O) groups is 2. The smallest absolute Gasteiger partial charge is 0.283 e. The molecule has 0 bridgehead atoms. The molecule has 128 valence electrons. The maximum Gasteiger partial charge on any atom is 0.283 e. The van der Waals surface area contributed by atoms with E-state index in [0.29, 0.717) is 5.02 Å². The first-order valence-corrected chi connectivity index (χ1v) is 8.66. The van der Waals surface area contributed by atoms with Gasteiger partial charge >= 0.3 is 0 Å². The number of carbonyl (C=O) groups excluding carboxylic acids is 2. The zero-order valence-electron chi connectivity index (χ0n) is 13.1. The van der Waals surface area contributed by atoms with Gasteiger partial charge in [-0.05, 0) is 36.2 Å². The molecule has 0 spiro atoms. The Hall–Kier alpha value is -2.01. The van der Waals surface area contributed by atoms with Crippen molar-refractivity contribution in [3.63, 3.8) is 0 Å². The van der Waals surface area contributed by atoms with Gasteiger partial charge in [-0.3, -0.25) is 9.59 Å². The van der Waals surface area contributed by atoms with E-state index in [1.54, 1.807) is 6.07 Å². The van der Waals surface area contributed by atoms with Crippen molar-refractivity contribution in [2.75, 3.05) is 10.2 Å². The van der Waals surface area contributed by atoms with Crippen LogP contribution in [0.15, 0.2) is 53.2 Å². The largest absolute Gasteiger partial charge is 0.349 e. The van der Waals surface area contributed by atoms with Gasteiger partial charge in [0.15, 0.2) is 0 Å². The maximum atomic E-state index is 12.8. The fourth-order valence-electron chi connectivity index (χ4n) is 2.58. The van der Waals surface area contributed by atoms with Crippen LogP contribution in [0.5, 0.6) is 0 Å². The van der Waals surface area contributed by atoms with Gasteiger partial charge < -0.3 is 5.32 Å². The van der Waals surface area contributed by atoms with E-state index < -0.39 is 11.8 Å². The van der Waals surface area contributed by atoms with Crippen molar-refractivity contribution in [2.24, 2.45) is 0 Å². The Balaban J connectivity index is 1.97. The van der Waals surface area contributed by atoms with E-state index in [-0.39, 0.29) is 21.4 Å². The van der Waals surface area contributed by atoms with E-state index >= 15 is 0 Å². The third-order valence-electron chi connectivity index (χ3n) is 3.84. The number of nitrogens with one attached hydrogen (secondary N) is 1. The number of aryl methyl sites for hydroxylation is 1. The number of rotatable bonds is 4. The molecule has 1 aliphatic heterocycles. The van der Waals surface area contributed by atoms with Crippen LogP contribution in [0.25, 0.3) is 0 Å². The standard InChI is InChI=1S/C18H13Cl3N2O2/c1-2-10-5-3-4-6-13(10)22-16-15(21)17(24)23(18(16)25)14-8-7-11(19)9-12(14)20/h3-9,22H,2H2,1H3. The van der Waals surface area contributed by atoms with E-state index in [9.17, 15) is 9.59 Å². The number of para-hydroxylation sites is 1. The van der Waals surface area contributed by atoms with Crippen molar-refractivity contribution in [2.45, 2.75) is 13.3 Å². The summed E-state index contributed by atoms with van der Waals surface area (Å²) in [4.78, 5) is 26.2. The van der Waals surface area contributed by atoms with Crippen LogP contribution in [0.1, 0.15) is 12.5 Å². The quantitative estimate of drug-likeness (QED) is 0.742. The average molecular weight is 396 g/mol. The topological polar surface area (TPSA) is 49.4 Å². The summed E-state index contributed by atoms with van der Waals surface area (Å²) in [6.07, 6.45) is 0.767. The van der Waals surface area contributed by atoms with Crippen LogP contribution in [-0.4, -0.2) is 11.8 Å². The van der Waals surface area contributed by atoms with Gasteiger partial charge in [0.1, 0.15) is 10.7 Å². The highest BCUT2D eigenvalue weighted by Crippen LogP contribution is 2.35. The van der Waals surface area contributed by atoms with Crippen molar-refractivity contribution < 1.29 is 9.59 Å². The molecule has 0 aromatic heterocycles. The second-order valence-corrected chi connectivity index (χ2v) is 6.59. The number of amides is 2. The fraction of sp³-hybridized carbons (Fsp3) is 0.111. The van der Waals surface area contributed by atoms with E-state index in [1.165, 1.54) is 12.1 Å². The molecule has 3 rings (SSSR count). The lowest BCUT2D eigenvalue weighted by atomic mass is 10.1. The predicted molar refractivity (Wildman–Crippen MR) is 101 cm³/mol. The van der Waals surface area contributed by atoms with Crippen molar-refractivity contribution in [3.05, 3.63) is 68.8 Å². The molecule has 1 N–H and O–H groups in total. The molecule has 0 saturated carbocycles. The molecule has 0 fully saturated rings. The molecular formula is C18H13Cl3N2O2. The van der Waals surface area contributed by atoms with Gasteiger partial charge in [-0.25, -0.2) is 4.90 Å². The summed E-state index contributed by atoms with van der Waals surface area (Å²) in [6, 6.07) is 12.0.